The number of nitrogen functional groups attached to an aromatic ring is 2. The molecule has 0 bridgehead atoms. The zero-order valence-corrected chi connectivity index (χ0v) is 12.2. The van der Waals surface area contributed by atoms with Crippen molar-refractivity contribution in [1.82, 2.24) is 14.7 Å². The summed E-state index contributed by atoms with van der Waals surface area (Å²) in [6, 6.07) is 1.98. The lowest BCUT2D eigenvalue weighted by atomic mass is 10.3. The van der Waals surface area contributed by atoms with E-state index >= 15 is 0 Å². The van der Waals surface area contributed by atoms with E-state index in [0.717, 1.165) is 10.6 Å². The van der Waals surface area contributed by atoms with E-state index in [9.17, 15) is 0 Å². The summed E-state index contributed by atoms with van der Waals surface area (Å²) in [5.74, 6) is 1.14. The standard InChI is InChI=1S/C6H10N2S.C5H10N4/c1-8(2)6(9-3)4-5-7;1-3-4(6)8-9(2)5(3)7/h4H,1-3H3;7H2,1-2H3,(H2,6,8). The number of hydrogen-bond acceptors (Lipinski definition) is 6. The predicted octanol–water partition coefficient (Wildman–Crippen LogP) is 1.17. The first-order chi connectivity index (χ1) is 8.34. The molecule has 1 rings (SSSR count). The van der Waals surface area contributed by atoms with Gasteiger partial charge in [0.25, 0.3) is 0 Å². The molecule has 0 spiro atoms. The summed E-state index contributed by atoms with van der Waals surface area (Å²) < 4.78 is 1.56. The normalized spacial score (nSPS) is 10.3. The van der Waals surface area contributed by atoms with E-state index in [1.165, 1.54) is 6.08 Å². The summed E-state index contributed by atoms with van der Waals surface area (Å²) in [6.45, 7) is 1.84. The van der Waals surface area contributed by atoms with E-state index in [2.05, 4.69) is 5.10 Å². The second kappa shape index (κ2) is 7.50. The Morgan fingerprint density at radius 2 is 2.06 bits per heavy atom. The summed E-state index contributed by atoms with van der Waals surface area (Å²) in [4.78, 5) is 1.91. The fourth-order valence-corrected chi connectivity index (χ4v) is 1.63. The number of nitriles is 1. The number of thioether (sulfide) groups is 1. The molecule has 4 N–H and O–H groups in total. The van der Waals surface area contributed by atoms with Crippen LogP contribution in [0.25, 0.3) is 0 Å². The lowest BCUT2D eigenvalue weighted by Gasteiger charge is -2.12. The third-order valence-corrected chi connectivity index (χ3v) is 3.11. The fourth-order valence-electron chi connectivity index (χ4n) is 1.09. The highest BCUT2D eigenvalue weighted by Gasteiger charge is 2.03. The van der Waals surface area contributed by atoms with Gasteiger partial charge in [0.1, 0.15) is 5.82 Å². The summed E-state index contributed by atoms with van der Waals surface area (Å²) in [6.07, 6.45) is 3.48. The monoisotopic (exact) mass is 268 g/mol. The Kier molecular flexibility index (Phi) is 6.75. The van der Waals surface area contributed by atoms with E-state index in [-0.39, 0.29) is 0 Å². The van der Waals surface area contributed by atoms with Crippen molar-refractivity contribution < 1.29 is 0 Å². The van der Waals surface area contributed by atoms with Gasteiger partial charge < -0.3 is 16.4 Å². The van der Waals surface area contributed by atoms with Crippen molar-refractivity contribution in [3.05, 3.63) is 16.7 Å². The highest BCUT2D eigenvalue weighted by molar-refractivity contribution is 8.02. The van der Waals surface area contributed by atoms with Crippen LogP contribution in [-0.4, -0.2) is 35.0 Å². The maximum absolute atomic E-state index is 8.25. The van der Waals surface area contributed by atoms with Gasteiger partial charge in [0.2, 0.25) is 0 Å². The molecule has 0 aliphatic rings. The Bertz CT molecular complexity index is 432. The van der Waals surface area contributed by atoms with Gasteiger partial charge in [-0.1, -0.05) is 0 Å². The van der Waals surface area contributed by atoms with E-state index in [4.69, 9.17) is 16.7 Å². The Hall–Kier alpha value is -1.81. The number of aryl methyl sites for hydroxylation is 1. The molecule has 0 radical (unpaired) electrons. The molecular weight excluding hydrogens is 248 g/mol. The zero-order chi connectivity index (χ0) is 14.3. The maximum Gasteiger partial charge on any atom is 0.150 e. The van der Waals surface area contributed by atoms with Gasteiger partial charge in [0.05, 0.1) is 11.1 Å². The van der Waals surface area contributed by atoms with Gasteiger partial charge in [-0.15, -0.1) is 11.8 Å². The van der Waals surface area contributed by atoms with Gasteiger partial charge in [-0.25, -0.2) is 0 Å². The number of nitrogens with two attached hydrogens (primary N) is 2. The smallest absolute Gasteiger partial charge is 0.150 e. The minimum Gasteiger partial charge on any atom is -0.384 e. The van der Waals surface area contributed by atoms with Crippen LogP contribution in [-0.2, 0) is 7.05 Å². The molecule has 100 valence electrons. The molecule has 1 heterocycles. The first-order valence-corrected chi connectivity index (χ1v) is 6.43. The molecule has 0 atom stereocenters. The quantitative estimate of drug-likeness (QED) is 0.781. The van der Waals surface area contributed by atoms with Crippen molar-refractivity contribution in [1.29, 1.82) is 5.26 Å². The molecule has 6 nitrogen and oxygen atoms in total. The van der Waals surface area contributed by atoms with Crippen molar-refractivity contribution >= 4 is 23.4 Å². The molecule has 18 heavy (non-hydrogen) atoms. The van der Waals surface area contributed by atoms with E-state index < -0.39 is 0 Å². The molecule has 0 amide bonds. The Morgan fingerprint density at radius 3 is 2.17 bits per heavy atom. The minimum atomic E-state index is 0.509. The Morgan fingerprint density at radius 1 is 1.50 bits per heavy atom. The average molecular weight is 268 g/mol. The molecule has 0 aliphatic heterocycles. The fraction of sp³-hybridized carbons (Fsp3) is 0.455. The van der Waals surface area contributed by atoms with Gasteiger partial charge >= 0.3 is 0 Å². The minimum absolute atomic E-state index is 0.509. The van der Waals surface area contributed by atoms with Crippen LogP contribution in [0.3, 0.4) is 0 Å². The van der Waals surface area contributed by atoms with Gasteiger partial charge in [0, 0.05) is 32.8 Å². The van der Waals surface area contributed by atoms with Crippen LogP contribution in [0.4, 0.5) is 11.6 Å². The Labute approximate surface area is 112 Å². The van der Waals surface area contributed by atoms with Crippen LogP contribution in [0.2, 0.25) is 0 Å². The number of hydrogen-bond donors (Lipinski definition) is 2. The molecule has 0 aromatic carbocycles. The largest absolute Gasteiger partial charge is 0.384 e. The summed E-state index contributed by atoms with van der Waals surface area (Å²) in [5, 5.41) is 13.1. The molecule has 0 aliphatic carbocycles. The first kappa shape index (κ1) is 16.2. The summed E-state index contributed by atoms with van der Waals surface area (Å²) in [7, 11) is 5.60. The second-order valence-electron chi connectivity index (χ2n) is 3.73. The van der Waals surface area contributed by atoms with Crippen LogP contribution in [0, 0.1) is 18.3 Å². The predicted molar refractivity (Wildman–Crippen MR) is 77.7 cm³/mol. The van der Waals surface area contributed by atoms with Gasteiger partial charge in [-0.05, 0) is 13.2 Å². The highest BCUT2D eigenvalue weighted by atomic mass is 32.2. The third kappa shape index (κ3) is 4.59. The molecule has 0 unspecified atom stereocenters. The number of anilines is 2. The topological polar surface area (TPSA) is 96.9 Å². The molecule has 7 heteroatoms. The van der Waals surface area contributed by atoms with Crippen LogP contribution >= 0.6 is 11.8 Å². The van der Waals surface area contributed by atoms with Crippen molar-refractivity contribution in [2.45, 2.75) is 6.92 Å². The average Bonchev–Trinajstić information content (AvgIpc) is 2.53. The van der Waals surface area contributed by atoms with E-state index in [1.807, 2.05) is 38.2 Å². The second-order valence-corrected chi connectivity index (χ2v) is 4.56. The first-order valence-electron chi connectivity index (χ1n) is 5.20. The number of rotatable bonds is 2. The molecule has 1 aromatic rings. The van der Waals surface area contributed by atoms with Gasteiger partial charge in [0.15, 0.2) is 5.82 Å². The van der Waals surface area contributed by atoms with Crippen LogP contribution in [0.5, 0.6) is 0 Å². The summed E-state index contributed by atoms with van der Waals surface area (Å²) >= 11 is 1.57. The van der Waals surface area contributed by atoms with Crippen molar-refractivity contribution in [3.8, 4) is 6.07 Å². The van der Waals surface area contributed by atoms with E-state index in [1.54, 1.807) is 23.5 Å². The number of allylic oxidation sites excluding steroid dienone is 1. The van der Waals surface area contributed by atoms with Crippen molar-refractivity contribution in [3.63, 3.8) is 0 Å². The third-order valence-electron chi connectivity index (χ3n) is 2.21. The van der Waals surface area contributed by atoms with E-state index in [0.29, 0.717) is 11.6 Å². The SMILES string of the molecule is CSC(=CC#N)N(C)C.Cc1c(N)nn(C)c1N. The zero-order valence-electron chi connectivity index (χ0n) is 11.4. The maximum atomic E-state index is 8.25. The lowest BCUT2D eigenvalue weighted by Crippen LogP contribution is -2.07. The van der Waals surface area contributed by atoms with Gasteiger partial charge in [-0.2, -0.15) is 10.4 Å². The van der Waals surface area contributed by atoms with Crippen molar-refractivity contribution in [2.75, 3.05) is 31.8 Å². The number of aromatic nitrogens is 2. The number of nitrogens with zero attached hydrogens (tertiary/aromatic N) is 4. The molecule has 0 fully saturated rings. The van der Waals surface area contributed by atoms with Crippen molar-refractivity contribution in [2.24, 2.45) is 7.05 Å². The molecule has 0 saturated carbocycles. The van der Waals surface area contributed by atoms with Crippen LogP contribution in [0.15, 0.2) is 11.1 Å². The molecule has 0 saturated heterocycles. The molecule has 1 aromatic heterocycles. The van der Waals surface area contributed by atoms with Crippen LogP contribution in [0.1, 0.15) is 5.56 Å². The molecular formula is C11H20N6S. The van der Waals surface area contributed by atoms with Crippen LogP contribution < -0.4 is 11.5 Å². The lowest BCUT2D eigenvalue weighted by molar-refractivity contribution is 0.551. The highest BCUT2D eigenvalue weighted by Crippen LogP contribution is 2.14. The Balaban J connectivity index is 0.000000321. The summed E-state index contributed by atoms with van der Waals surface area (Å²) in [5.41, 5.74) is 11.8. The van der Waals surface area contributed by atoms with Gasteiger partial charge in [-0.3, -0.25) is 4.68 Å².